The van der Waals surface area contributed by atoms with Gasteiger partial charge in [-0.05, 0) is 31.4 Å². The fraction of sp³-hybridized carbons (Fsp3) is 0.682. The molecule has 10 heteroatoms. The fourth-order valence-corrected chi connectivity index (χ4v) is 6.62. The van der Waals surface area contributed by atoms with E-state index in [0.29, 0.717) is 44.7 Å². The zero-order chi connectivity index (χ0) is 22.7. The molecule has 32 heavy (non-hydrogen) atoms. The summed E-state index contributed by atoms with van der Waals surface area (Å²) in [4.78, 5) is 14.7. The second kappa shape index (κ2) is 10.1. The standard InChI is InChI=1S/C22H32N2O7S/c1-16-4-2-3-5-21(16)32(27,28)24-13-17(25)14-30-15-20-19(24)7-6-18(31-20)12-22(26)23-8-10-29-11-9-23/h2-5,17-20,25H,6-15H2,1H3/t17-,18-,19+,20-/m1/s1. The van der Waals surface area contributed by atoms with Crippen LogP contribution in [0.4, 0.5) is 0 Å². The van der Waals surface area contributed by atoms with Crippen molar-refractivity contribution in [1.29, 1.82) is 0 Å². The van der Waals surface area contributed by atoms with Gasteiger partial charge in [0.2, 0.25) is 15.9 Å². The van der Waals surface area contributed by atoms with E-state index in [1.165, 1.54) is 4.31 Å². The summed E-state index contributed by atoms with van der Waals surface area (Å²) >= 11 is 0. The second-order valence-electron chi connectivity index (χ2n) is 8.67. The molecule has 0 unspecified atom stereocenters. The third-order valence-electron chi connectivity index (χ3n) is 6.38. The van der Waals surface area contributed by atoms with Gasteiger partial charge in [-0.15, -0.1) is 0 Å². The van der Waals surface area contributed by atoms with Crippen LogP contribution in [0.25, 0.3) is 0 Å². The van der Waals surface area contributed by atoms with Crippen molar-refractivity contribution in [2.24, 2.45) is 0 Å². The number of morpholine rings is 1. The molecular weight excluding hydrogens is 436 g/mol. The number of β-amino-alcohol motifs (C(OH)–C–C–N with tert-alkyl or cyclic N) is 1. The number of carbonyl (C=O) groups is 1. The minimum Gasteiger partial charge on any atom is -0.389 e. The van der Waals surface area contributed by atoms with Gasteiger partial charge in [-0.25, -0.2) is 8.42 Å². The summed E-state index contributed by atoms with van der Waals surface area (Å²) in [5, 5.41) is 10.3. The van der Waals surface area contributed by atoms with Gasteiger partial charge in [0.15, 0.2) is 0 Å². The van der Waals surface area contributed by atoms with E-state index in [0.717, 1.165) is 0 Å². The number of hydrogen-bond donors (Lipinski definition) is 1. The summed E-state index contributed by atoms with van der Waals surface area (Å²) in [6, 6.07) is 6.39. The molecule has 1 aromatic carbocycles. The Morgan fingerprint density at radius 3 is 2.62 bits per heavy atom. The Labute approximate surface area is 189 Å². The molecule has 0 saturated carbocycles. The second-order valence-corrected chi connectivity index (χ2v) is 10.5. The highest BCUT2D eigenvalue weighted by Crippen LogP contribution is 2.32. The van der Waals surface area contributed by atoms with Crippen LogP contribution in [-0.4, -0.2) is 99.1 Å². The number of aryl methyl sites for hydroxylation is 1. The zero-order valence-electron chi connectivity index (χ0n) is 18.4. The van der Waals surface area contributed by atoms with Gasteiger partial charge in [-0.2, -0.15) is 4.31 Å². The van der Waals surface area contributed by atoms with Crippen molar-refractivity contribution < 1.29 is 32.5 Å². The van der Waals surface area contributed by atoms with Crippen molar-refractivity contribution in [3.05, 3.63) is 29.8 Å². The van der Waals surface area contributed by atoms with Crippen molar-refractivity contribution >= 4 is 15.9 Å². The normalized spacial score (nSPS) is 30.2. The first-order chi connectivity index (χ1) is 15.4. The molecule has 1 aromatic rings. The molecule has 3 aliphatic rings. The predicted molar refractivity (Wildman–Crippen MR) is 116 cm³/mol. The Balaban J connectivity index is 1.51. The molecule has 3 saturated heterocycles. The summed E-state index contributed by atoms with van der Waals surface area (Å²) in [5.74, 6) is 0.0309. The summed E-state index contributed by atoms with van der Waals surface area (Å²) in [6.07, 6.45) is -0.355. The van der Waals surface area contributed by atoms with Crippen LogP contribution in [0.2, 0.25) is 0 Å². The molecule has 0 aliphatic carbocycles. The van der Waals surface area contributed by atoms with Crippen molar-refractivity contribution in [2.45, 2.75) is 55.4 Å². The molecular formula is C22H32N2O7S. The molecule has 0 bridgehead atoms. The molecule has 1 N–H and O–H groups in total. The molecule has 0 spiro atoms. The number of amides is 1. The highest BCUT2D eigenvalue weighted by atomic mass is 32.2. The van der Waals surface area contributed by atoms with E-state index < -0.39 is 28.3 Å². The first kappa shape index (κ1) is 23.6. The summed E-state index contributed by atoms with van der Waals surface area (Å²) in [5.41, 5.74) is 0.655. The molecule has 3 fully saturated rings. The Morgan fingerprint density at radius 2 is 1.88 bits per heavy atom. The smallest absolute Gasteiger partial charge is 0.243 e. The van der Waals surface area contributed by atoms with Crippen LogP contribution in [0.3, 0.4) is 0 Å². The monoisotopic (exact) mass is 468 g/mol. The number of aliphatic hydroxyl groups is 1. The van der Waals surface area contributed by atoms with Crippen molar-refractivity contribution in [3.8, 4) is 0 Å². The number of hydrogen-bond acceptors (Lipinski definition) is 7. The predicted octanol–water partition coefficient (Wildman–Crippen LogP) is 0.542. The minimum absolute atomic E-state index is 0.0309. The van der Waals surface area contributed by atoms with E-state index in [1.54, 1.807) is 36.1 Å². The first-order valence-electron chi connectivity index (χ1n) is 11.2. The maximum Gasteiger partial charge on any atom is 0.243 e. The average Bonchev–Trinajstić information content (AvgIpc) is 2.77. The van der Waals surface area contributed by atoms with Gasteiger partial charge in [0.25, 0.3) is 0 Å². The Hall–Kier alpha value is -1.56. The molecule has 0 aromatic heterocycles. The van der Waals surface area contributed by atoms with E-state index in [4.69, 9.17) is 14.2 Å². The number of fused-ring (bicyclic) bond motifs is 1. The van der Waals surface area contributed by atoms with Crippen LogP contribution >= 0.6 is 0 Å². The highest BCUT2D eigenvalue weighted by molar-refractivity contribution is 7.89. The van der Waals surface area contributed by atoms with Gasteiger partial charge in [-0.3, -0.25) is 4.79 Å². The van der Waals surface area contributed by atoms with Gasteiger partial charge < -0.3 is 24.2 Å². The van der Waals surface area contributed by atoms with Crippen LogP contribution in [0, 0.1) is 6.92 Å². The average molecular weight is 469 g/mol. The number of rotatable bonds is 4. The van der Waals surface area contributed by atoms with Crippen molar-refractivity contribution in [3.63, 3.8) is 0 Å². The largest absolute Gasteiger partial charge is 0.389 e. The summed E-state index contributed by atoms with van der Waals surface area (Å²) < 4.78 is 45.7. The van der Waals surface area contributed by atoms with Crippen molar-refractivity contribution in [1.82, 2.24) is 9.21 Å². The summed E-state index contributed by atoms with van der Waals surface area (Å²) in [7, 11) is -3.84. The lowest BCUT2D eigenvalue weighted by Gasteiger charge is -2.44. The van der Waals surface area contributed by atoms with E-state index >= 15 is 0 Å². The van der Waals surface area contributed by atoms with Crippen LogP contribution in [-0.2, 0) is 29.0 Å². The SMILES string of the molecule is Cc1ccccc1S(=O)(=O)N1C[C@@H](O)COC[C@H]2O[C@@H](CC(=O)N3CCOCC3)CC[C@@H]21. The minimum atomic E-state index is -3.84. The van der Waals surface area contributed by atoms with E-state index in [-0.39, 0.29) is 43.1 Å². The van der Waals surface area contributed by atoms with Gasteiger partial charge in [0.1, 0.15) is 0 Å². The molecule has 178 valence electrons. The van der Waals surface area contributed by atoms with Gasteiger partial charge in [0, 0.05) is 19.6 Å². The molecule has 0 radical (unpaired) electrons. The molecule has 3 aliphatic heterocycles. The fourth-order valence-electron chi connectivity index (χ4n) is 4.68. The zero-order valence-corrected chi connectivity index (χ0v) is 19.2. The third kappa shape index (κ3) is 5.16. The number of carbonyl (C=O) groups excluding carboxylic acids is 1. The van der Waals surface area contributed by atoms with E-state index in [1.807, 2.05) is 0 Å². The van der Waals surface area contributed by atoms with Crippen LogP contribution in [0.5, 0.6) is 0 Å². The Morgan fingerprint density at radius 1 is 1.12 bits per heavy atom. The lowest BCUT2D eigenvalue weighted by molar-refractivity contribution is -0.153. The topological polar surface area (TPSA) is 106 Å². The van der Waals surface area contributed by atoms with Gasteiger partial charge in [0.05, 0.1) is 62.1 Å². The highest BCUT2D eigenvalue weighted by Gasteiger charge is 2.43. The molecule has 3 heterocycles. The third-order valence-corrected chi connectivity index (χ3v) is 8.43. The Kier molecular flexibility index (Phi) is 7.48. The first-order valence-corrected chi connectivity index (χ1v) is 12.6. The number of aliphatic hydroxyl groups excluding tert-OH is 1. The van der Waals surface area contributed by atoms with Gasteiger partial charge >= 0.3 is 0 Å². The quantitative estimate of drug-likeness (QED) is 0.688. The van der Waals surface area contributed by atoms with E-state index in [9.17, 15) is 18.3 Å². The van der Waals surface area contributed by atoms with Crippen LogP contribution < -0.4 is 0 Å². The molecule has 4 atom stereocenters. The van der Waals surface area contributed by atoms with Gasteiger partial charge in [-0.1, -0.05) is 18.2 Å². The van der Waals surface area contributed by atoms with Crippen LogP contribution in [0.1, 0.15) is 24.8 Å². The number of sulfonamides is 1. The molecule has 9 nitrogen and oxygen atoms in total. The molecule has 1 amide bonds. The number of benzene rings is 1. The lowest BCUT2D eigenvalue weighted by atomic mass is 9.96. The molecule has 4 rings (SSSR count). The lowest BCUT2D eigenvalue weighted by Crippen LogP contribution is -2.57. The number of nitrogens with zero attached hydrogens (tertiary/aromatic N) is 2. The summed E-state index contributed by atoms with van der Waals surface area (Å²) in [6.45, 7) is 4.17. The van der Waals surface area contributed by atoms with E-state index in [2.05, 4.69) is 0 Å². The maximum absolute atomic E-state index is 13.6. The van der Waals surface area contributed by atoms with Crippen LogP contribution in [0.15, 0.2) is 29.2 Å². The Bertz CT molecular complexity index is 903. The maximum atomic E-state index is 13.6. The number of ether oxygens (including phenoxy) is 3. The van der Waals surface area contributed by atoms with Crippen molar-refractivity contribution in [2.75, 3.05) is 46.1 Å².